The van der Waals surface area contributed by atoms with Gasteiger partial charge in [0.2, 0.25) is 5.91 Å². The van der Waals surface area contributed by atoms with E-state index in [1.54, 1.807) is 13.0 Å². The van der Waals surface area contributed by atoms with Gasteiger partial charge in [-0.2, -0.15) is 0 Å². The second-order valence-electron chi connectivity index (χ2n) is 6.84. The maximum absolute atomic E-state index is 12.8. The predicted molar refractivity (Wildman–Crippen MR) is 104 cm³/mol. The maximum atomic E-state index is 12.8. The van der Waals surface area contributed by atoms with E-state index in [1.807, 2.05) is 48.5 Å². The summed E-state index contributed by atoms with van der Waals surface area (Å²) in [7, 11) is 0. The molecule has 1 N–H and O–H groups in total. The fourth-order valence-corrected chi connectivity index (χ4v) is 3.50. The molecule has 1 aliphatic heterocycles. The number of nitrogens with one attached hydrogen (secondary N) is 1. The van der Waals surface area contributed by atoms with Gasteiger partial charge in [0.1, 0.15) is 12.1 Å². The average molecular weight is 387 g/mol. The van der Waals surface area contributed by atoms with E-state index in [-0.39, 0.29) is 12.5 Å². The van der Waals surface area contributed by atoms with Crippen LogP contribution in [0.4, 0.5) is 4.79 Å². The molecule has 2 amide bonds. The Morgan fingerprint density at radius 3 is 2.59 bits per heavy atom. The molecule has 1 heterocycles. The smallest absolute Gasteiger partial charge is 0.410 e. The van der Waals surface area contributed by atoms with Crippen LogP contribution in [0, 0.1) is 0 Å². The minimum atomic E-state index is -0.922. The van der Waals surface area contributed by atoms with E-state index < -0.39 is 11.6 Å². The number of rotatable bonds is 5. The van der Waals surface area contributed by atoms with Gasteiger partial charge in [0.25, 0.3) is 0 Å². The maximum Gasteiger partial charge on any atom is 0.410 e. The van der Waals surface area contributed by atoms with Gasteiger partial charge in [0.15, 0.2) is 0 Å². The highest BCUT2D eigenvalue weighted by Crippen LogP contribution is 2.30. The van der Waals surface area contributed by atoms with Crippen LogP contribution >= 0.6 is 11.6 Å². The first kappa shape index (κ1) is 19.2. The van der Waals surface area contributed by atoms with Crippen molar-refractivity contribution in [2.75, 3.05) is 6.54 Å². The van der Waals surface area contributed by atoms with E-state index in [0.29, 0.717) is 24.5 Å². The summed E-state index contributed by atoms with van der Waals surface area (Å²) in [5, 5.41) is 3.51. The van der Waals surface area contributed by atoms with Gasteiger partial charge in [-0.05, 0) is 37.0 Å². The number of carbonyl (C=O) groups is 2. The van der Waals surface area contributed by atoms with Gasteiger partial charge < -0.3 is 10.1 Å². The number of ether oxygens (including phenoxy) is 1. The lowest BCUT2D eigenvalue weighted by atomic mass is 9.98. The highest BCUT2D eigenvalue weighted by Gasteiger charge is 2.46. The molecule has 1 atom stereocenters. The summed E-state index contributed by atoms with van der Waals surface area (Å²) in [6, 6.07) is 16.9. The van der Waals surface area contributed by atoms with Crippen LogP contribution < -0.4 is 5.32 Å². The summed E-state index contributed by atoms with van der Waals surface area (Å²) in [6.45, 7) is 2.80. The Hall–Kier alpha value is -2.53. The molecule has 3 rings (SSSR count). The molecule has 1 fully saturated rings. The number of likely N-dealkylation sites (tertiary alicyclic amines) is 1. The number of benzene rings is 2. The van der Waals surface area contributed by atoms with Crippen LogP contribution in [0.2, 0.25) is 5.02 Å². The predicted octanol–water partition coefficient (Wildman–Crippen LogP) is 4.15. The topological polar surface area (TPSA) is 58.6 Å². The molecular formula is C21H23ClN2O3. The molecule has 6 heteroatoms. The first-order chi connectivity index (χ1) is 13.0. The zero-order chi connectivity index (χ0) is 19.3. The Morgan fingerprint density at radius 2 is 1.85 bits per heavy atom. The normalized spacial score (nSPS) is 19.0. The molecule has 1 aliphatic rings. The third kappa shape index (κ3) is 4.42. The molecule has 0 bridgehead atoms. The largest absolute Gasteiger partial charge is 0.445 e. The van der Waals surface area contributed by atoms with Crippen LogP contribution in [0.3, 0.4) is 0 Å². The van der Waals surface area contributed by atoms with E-state index >= 15 is 0 Å². The van der Waals surface area contributed by atoms with Crippen LogP contribution in [0.25, 0.3) is 0 Å². The van der Waals surface area contributed by atoms with Gasteiger partial charge in [-0.25, -0.2) is 4.79 Å². The minimum absolute atomic E-state index is 0.188. The van der Waals surface area contributed by atoms with Crippen molar-refractivity contribution < 1.29 is 14.3 Å². The molecule has 2 aromatic rings. The Balaban J connectivity index is 1.61. The van der Waals surface area contributed by atoms with Crippen molar-refractivity contribution in [3.05, 3.63) is 70.7 Å². The number of hydrogen-bond donors (Lipinski definition) is 1. The molecule has 5 nitrogen and oxygen atoms in total. The van der Waals surface area contributed by atoms with Crippen LogP contribution in [0.15, 0.2) is 54.6 Å². The molecule has 1 unspecified atom stereocenters. The lowest BCUT2D eigenvalue weighted by molar-refractivity contribution is -0.130. The fraction of sp³-hybridized carbons (Fsp3) is 0.333. The van der Waals surface area contributed by atoms with E-state index in [0.717, 1.165) is 17.5 Å². The van der Waals surface area contributed by atoms with Gasteiger partial charge >= 0.3 is 6.09 Å². The summed E-state index contributed by atoms with van der Waals surface area (Å²) in [4.78, 5) is 26.9. The number of amides is 2. The van der Waals surface area contributed by atoms with Crippen molar-refractivity contribution >= 4 is 23.6 Å². The minimum Gasteiger partial charge on any atom is -0.445 e. The van der Waals surface area contributed by atoms with Gasteiger partial charge in [-0.3, -0.25) is 9.69 Å². The summed E-state index contributed by atoms with van der Waals surface area (Å²) < 4.78 is 5.43. The lowest BCUT2D eigenvalue weighted by Crippen LogP contribution is -2.55. The first-order valence-electron chi connectivity index (χ1n) is 9.01. The SMILES string of the molecule is CC1(C(=O)NCc2ccccc2Cl)CCCN1C(=O)OCc1ccccc1. The number of hydrogen-bond acceptors (Lipinski definition) is 3. The van der Waals surface area contributed by atoms with E-state index in [9.17, 15) is 9.59 Å². The van der Waals surface area contributed by atoms with Crippen molar-refractivity contribution in [3.63, 3.8) is 0 Å². The van der Waals surface area contributed by atoms with E-state index in [2.05, 4.69) is 5.32 Å². The summed E-state index contributed by atoms with van der Waals surface area (Å²) in [5.41, 5.74) is 0.830. The average Bonchev–Trinajstić information content (AvgIpc) is 3.09. The third-order valence-corrected chi connectivity index (χ3v) is 5.32. The van der Waals surface area contributed by atoms with Gasteiger partial charge in [0.05, 0.1) is 0 Å². The molecule has 0 radical (unpaired) electrons. The van der Waals surface area contributed by atoms with Crippen molar-refractivity contribution in [2.24, 2.45) is 0 Å². The molecule has 0 aromatic heterocycles. The number of nitrogens with zero attached hydrogens (tertiary/aromatic N) is 1. The zero-order valence-corrected chi connectivity index (χ0v) is 16.0. The van der Waals surface area contributed by atoms with Crippen LogP contribution in [-0.2, 0) is 22.7 Å². The van der Waals surface area contributed by atoms with Crippen molar-refractivity contribution in [3.8, 4) is 0 Å². The molecule has 0 saturated carbocycles. The van der Waals surface area contributed by atoms with Gasteiger partial charge in [-0.15, -0.1) is 0 Å². The fourth-order valence-electron chi connectivity index (χ4n) is 3.30. The summed E-state index contributed by atoms with van der Waals surface area (Å²) in [5.74, 6) is -0.198. The molecular weight excluding hydrogens is 364 g/mol. The molecule has 0 spiro atoms. The van der Waals surface area contributed by atoms with Crippen LogP contribution in [0.5, 0.6) is 0 Å². The zero-order valence-electron chi connectivity index (χ0n) is 15.3. The summed E-state index contributed by atoms with van der Waals surface area (Å²) in [6.07, 6.45) is 0.893. The third-order valence-electron chi connectivity index (χ3n) is 4.95. The van der Waals surface area contributed by atoms with Crippen LogP contribution in [0.1, 0.15) is 30.9 Å². The highest BCUT2D eigenvalue weighted by molar-refractivity contribution is 6.31. The van der Waals surface area contributed by atoms with Crippen molar-refractivity contribution in [1.29, 1.82) is 0 Å². The van der Waals surface area contributed by atoms with Gasteiger partial charge in [0, 0.05) is 18.1 Å². The second kappa shape index (κ2) is 8.44. The van der Waals surface area contributed by atoms with E-state index in [1.165, 1.54) is 4.90 Å². The Bertz CT molecular complexity index is 812. The van der Waals surface area contributed by atoms with E-state index in [4.69, 9.17) is 16.3 Å². The Labute approximate surface area is 164 Å². The quantitative estimate of drug-likeness (QED) is 0.839. The second-order valence-corrected chi connectivity index (χ2v) is 7.25. The first-order valence-corrected chi connectivity index (χ1v) is 9.38. The highest BCUT2D eigenvalue weighted by atomic mass is 35.5. The molecule has 0 aliphatic carbocycles. The Morgan fingerprint density at radius 1 is 1.15 bits per heavy atom. The summed E-state index contributed by atoms with van der Waals surface area (Å²) >= 11 is 6.14. The molecule has 2 aromatic carbocycles. The van der Waals surface area contributed by atoms with Gasteiger partial charge in [-0.1, -0.05) is 60.1 Å². The van der Waals surface area contributed by atoms with Crippen molar-refractivity contribution in [2.45, 2.75) is 38.5 Å². The monoisotopic (exact) mass is 386 g/mol. The van der Waals surface area contributed by atoms with Crippen LogP contribution in [-0.4, -0.2) is 29.0 Å². The molecule has 1 saturated heterocycles. The Kier molecular flexibility index (Phi) is 6.01. The molecule has 27 heavy (non-hydrogen) atoms. The number of halogens is 1. The standard InChI is InChI=1S/C21H23ClN2O3/c1-21(19(25)23-14-17-10-5-6-11-18(17)22)12-7-13-24(21)20(26)27-15-16-8-3-2-4-9-16/h2-6,8-11H,7,12-15H2,1H3,(H,23,25). The number of carbonyl (C=O) groups excluding carboxylic acids is 2. The molecule has 142 valence electrons. The van der Waals surface area contributed by atoms with Crippen molar-refractivity contribution in [1.82, 2.24) is 10.2 Å². The lowest BCUT2D eigenvalue weighted by Gasteiger charge is -2.33.